The first-order valence-electron chi connectivity index (χ1n) is 6.96. The molecule has 128 valence electrons. The number of hydrogen-bond acceptors (Lipinski definition) is 5. The summed E-state index contributed by atoms with van der Waals surface area (Å²) in [6, 6.07) is 12.2. The quantitative estimate of drug-likeness (QED) is 0.711. The molecule has 0 aliphatic rings. The molecule has 3 rings (SSSR count). The van der Waals surface area contributed by atoms with Gasteiger partial charge in [0.05, 0.1) is 16.6 Å². The molecule has 0 unspecified atom stereocenters. The van der Waals surface area contributed by atoms with Gasteiger partial charge in [0.1, 0.15) is 5.69 Å². The fourth-order valence-electron chi connectivity index (χ4n) is 2.40. The van der Waals surface area contributed by atoms with Crippen molar-refractivity contribution in [3.63, 3.8) is 0 Å². The van der Waals surface area contributed by atoms with E-state index < -0.39 is 16.0 Å². The van der Waals surface area contributed by atoms with Crippen LogP contribution in [0, 0.1) is 0 Å². The largest absolute Gasteiger partial charge is 0.543 e. The summed E-state index contributed by atoms with van der Waals surface area (Å²) in [5, 5.41) is 23.5. The molecule has 0 spiro atoms. The molecule has 0 atom stereocenters. The summed E-state index contributed by atoms with van der Waals surface area (Å²) in [4.78, 5) is 11.3. The van der Waals surface area contributed by atoms with E-state index in [1.807, 2.05) is 0 Å². The minimum absolute atomic E-state index is 0.0808. The number of aromatic nitrogens is 2. The molecule has 0 fully saturated rings. The van der Waals surface area contributed by atoms with Gasteiger partial charge in [-0.3, -0.25) is 5.10 Å². The Morgan fingerprint density at radius 1 is 1.04 bits per heavy atom. The van der Waals surface area contributed by atoms with Crippen molar-refractivity contribution >= 4 is 27.6 Å². The Kier molecular flexibility index (Phi) is 4.34. The first kappa shape index (κ1) is 17.2. The molecule has 1 heterocycles. The molecule has 0 radical (unpaired) electrons. The first-order valence-corrected chi connectivity index (χ1v) is 8.88. The number of nitrogens with one attached hydrogen (secondary N) is 1. The van der Waals surface area contributed by atoms with Crippen LogP contribution in [-0.4, -0.2) is 24.6 Å². The number of rotatable bonds is 4. The fraction of sp³-hybridized carbons (Fsp3) is 0. The molecule has 0 amide bonds. The summed E-state index contributed by atoms with van der Waals surface area (Å²) < 4.78 is 22.7. The van der Waals surface area contributed by atoms with E-state index in [4.69, 9.17) is 16.7 Å². The number of benzene rings is 2. The number of carboxylic acid groups (broad SMARTS) is 1. The van der Waals surface area contributed by atoms with E-state index in [0.717, 1.165) is 0 Å². The average molecular weight is 377 g/mol. The third-order valence-electron chi connectivity index (χ3n) is 3.56. The summed E-state index contributed by atoms with van der Waals surface area (Å²) in [6.07, 6.45) is 0. The lowest BCUT2D eigenvalue weighted by atomic mass is 9.99. The second-order valence-corrected chi connectivity index (χ2v) is 7.18. The molecule has 0 saturated carbocycles. The van der Waals surface area contributed by atoms with Crippen molar-refractivity contribution in [1.82, 2.24) is 10.2 Å². The number of nitrogens with two attached hydrogens (primary N) is 1. The number of hydrogen-bond donors (Lipinski definition) is 2. The maximum atomic E-state index is 11.4. The minimum atomic E-state index is -3.85. The van der Waals surface area contributed by atoms with Gasteiger partial charge in [0.25, 0.3) is 0 Å². The lowest BCUT2D eigenvalue weighted by molar-refractivity contribution is -0.255. The molecule has 7 nitrogen and oxygen atoms in total. The zero-order chi connectivity index (χ0) is 18.2. The molecule has 0 bridgehead atoms. The monoisotopic (exact) mass is 376 g/mol. The minimum Gasteiger partial charge on any atom is -0.543 e. The van der Waals surface area contributed by atoms with Crippen LogP contribution >= 0.6 is 11.6 Å². The van der Waals surface area contributed by atoms with Crippen LogP contribution < -0.4 is 10.2 Å². The number of halogens is 1. The SMILES string of the molecule is NS(=O)(=O)c1ccc(-c2c(-c3ccc(Cl)cc3)n[nH]c2C(=O)[O-])cc1. The molecule has 9 heteroatoms. The van der Waals surface area contributed by atoms with Crippen LogP contribution in [0.5, 0.6) is 0 Å². The van der Waals surface area contributed by atoms with Crippen LogP contribution in [0.2, 0.25) is 5.02 Å². The molecule has 0 aliphatic heterocycles. The van der Waals surface area contributed by atoms with Crippen molar-refractivity contribution in [2.75, 3.05) is 0 Å². The predicted molar refractivity (Wildman–Crippen MR) is 90.2 cm³/mol. The number of H-pyrrole nitrogens is 1. The Morgan fingerprint density at radius 2 is 1.60 bits per heavy atom. The summed E-state index contributed by atoms with van der Waals surface area (Å²) in [5.41, 5.74) is 1.53. The second-order valence-electron chi connectivity index (χ2n) is 5.19. The highest BCUT2D eigenvalue weighted by atomic mass is 35.5. The van der Waals surface area contributed by atoms with Gasteiger partial charge in [0.2, 0.25) is 10.0 Å². The Morgan fingerprint density at radius 3 is 2.12 bits per heavy atom. The Balaban J connectivity index is 2.18. The van der Waals surface area contributed by atoms with Crippen LogP contribution in [0.4, 0.5) is 0 Å². The highest BCUT2D eigenvalue weighted by Crippen LogP contribution is 2.34. The zero-order valence-electron chi connectivity index (χ0n) is 12.6. The molecular weight excluding hydrogens is 366 g/mol. The van der Waals surface area contributed by atoms with Crippen molar-refractivity contribution in [3.05, 3.63) is 59.2 Å². The molecule has 2 aromatic carbocycles. The number of carbonyl (C=O) groups excluding carboxylic acids is 1. The number of aromatic amines is 1. The summed E-state index contributed by atoms with van der Waals surface area (Å²) >= 11 is 5.87. The van der Waals surface area contributed by atoms with Crippen LogP contribution in [0.3, 0.4) is 0 Å². The van der Waals surface area contributed by atoms with Gasteiger partial charge < -0.3 is 9.90 Å². The maximum absolute atomic E-state index is 11.4. The standard InChI is InChI=1S/C16H12ClN3O4S/c17-11-5-1-10(2-6-11)14-13(15(16(21)22)20-19-14)9-3-7-12(8-4-9)25(18,23)24/h1-8H,(H,19,20)(H,21,22)(H2,18,23,24)/p-1. The lowest BCUT2D eigenvalue weighted by Gasteiger charge is -2.08. The van der Waals surface area contributed by atoms with Gasteiger partial charge in [-0.05, 0) is 29.8 Å². The van der Waals surface area contributed by atoms with E-state index in [9.17, 15) is 18.3 Å². The highest BCUT2D eigenvalue weighted by molar-refractivity contribution is 7.89. The van der Waals surface area contributed by atoms with Gasteiger partial charge in [-0.1, -0.05) is 35.9 Å². The number of primary sulfonamides is 1. The number of carbonyl (C=O) groups is 1. The van der Waals surface area contributed by atoms with E-state index in [-0.39, 0.29) is 16.2 Å². The van der Waals surface area contributed by atoms with Gasteiger partial charge in [-0.25, -0.2) is 13.6 Å². The van der Waals surface area contributed by atoms with Crippen molar-refractivity contribution in [2.45, 2.75) is 4.90 Å². The Bertz CT molecular complexity index is 1040. The van der Waals surface area contributed by atoms with E-state index in [1.165, 1.54) is 24.3 Å². The van der Waals surface area contributed by atoms with Gasteiger partial charge in [-0.15, -0.1) is 0 Å². The fourth-order valence-corrected chi connectivity index (χ4v) is 3.04. The van der Waals surface area contributed by atoms with Gasteiger partial charge in [0.15, 0.2) is 0 Å². The summed E-state index contributed by atoms with van der Waals surface area (Å²) in [6.45, 7) is 0. The molecule has 25 heavy (non-hydrogen) atoms. The first-order chi connectivity index (χ1) is 11.8. The van der Waals surface area contributed by atoms with Crippen molar-refractivity contribution in [2.24, 2.45) is 5.14 Å². The average Bonchev–Trinajstić information content (AvgIpc) is 3.00. The Hall–Kier alpha value is -2.68. The highest BCUT2D eigenvalue weighted by Gasteiger charge is 2.18. The lowest BCUT2D eigenvalue weighted by Crippen LogP contribution is -2.23. The topological polar surface area (TPSA) is 129 Å². The number of nitrogens with zero attached hydrogens (tertiary/aromatic N) is 1. The summed E-state index contributed by atoms with van der Waals surface area (Å²) in [5.74, 6) is -1.43. The molecule has 0 aliphatic carbocycles. The van der Waals surface area contributed by atoms with E-state index in [1.54, 1.807) is 24.3 Å². The molecule has 0 saturated heterocycles. The number of sulfonamides is 1. The zero-order valence-corrected chi connectivity index (χ0v) is 14.1. The van der Waals surface area contributed by atoms with Gasteiger partial charge in [-0.2, -0.15) is 5.10 Å². The molecule has 3 aromatic rings. The molecular formula is C16H11ClN3O4S-. The third kappa shape index (κ3) is 3.41. The number of carboxylic acids is 1. The van der Waals surface area contributed by atoms with Crippen LogP contribution in [0.25, 0.3) is 22.4 Å². The number of aromatic carboxylic acids is 1. The predicted octanol–water partition coefficient (Wildman–Crippen LogP) is 1.41. The molecule has 3 N–H and O–H groups in total. The molecule has 1 aromatic heterocycles. The van der Waals surface area contributed by atoms with Crippen LogP contribution in [-0.2, 0) is 10.0 Å². The van der Waals surface area contributed by atoms with Gasteiger partial charge in [0, 0.05) is 16.1 Å². The smallest absolute Gasteiger partial charge is 0.238 e. The second kappa shape index (κ2) is 6.32. The Labute approximate surface area is 148 Å². The normalized spacial score (nSPS) is 11.4. The van der Waals surface area contributed by atoms with Crippen molar-refractivity contribution in [3.8, 4) is 22.4 Å². The van der Waals surface area contributed by atoms with E-state index in [0.29, 0.717) is 21.8 Å². The third-order valence-corrected chi connectivity index (χ3v) is 4.74. The van der Waals surface area contributed by atoms with Crippen molar-refractivity contribution < 1.29 is 18.3 Å². The van der Waals surface area contributed by atoms with E-state index >= 15 is 0 Å². The van der Waals surface area contributed by atoms with Crippen LogP contribution in [0.1, 0.15) is 10.5 Å². The van der Waals surface area contributed by atoms with Crippen LogP contribution in [0.15, 0.2) is 53.4 Å². The van der Waals surface area contributed by atoms with Crippen molar-refractivity contribution in [1.29, 1.82) is 0 Å². The summed E-state index contributed by atoms with van der Waals surface area (Å²) in [7, 11) is -3.85. The maximum Gasteiger partial charge on any atom is 0.238 e. The van der Waals surface area contributed by atoms with E-state index in [2.05, 4.69) is 10.2 Å². The van der Waals surface area contributed by atoms with Gasteiger partial charge >= 0.3 is 0 Å².